The molecular weight excluding hydrogens is 232 g/mol. The molecule has 0 N–H and O–H groups in total. The van der Waals surface area contributed by atoms with E-state index in [1.807, 2.05) is 0 Å². The van der Waals surface area contributed by atoms with E-state index in [1.54, 1.807) is 0 Å². The summed E-state index contributed by atoms with van der Waals surface area (Å²) in [6, 6.07) is 17.2. The summed E-state index contributed by atoms with van der Waals surface area (Å²) in [5, 5.41) is 4.90. The van der Waals surface area contributed by atoms with Crippen molar-refractivity contribution in [3.8, 4) is 5.75 Å². The molecule has 0 aliphatic rings. The number of fused-ring (bicyclic) bond motifs is 2. The minimum Gasteiger partial charge on any atom is -0.492 e. The Morgan fingerprint density at radius 1 is 0.895 bits per heavy atom. The number of hydrogen-bond acceptors (Lipinski definition) is 1. The molecule has 0 spiro atoms. The highest BCUT2D eigenvalue weighted by atomic mass is 16.5. The molecule has 19 heavy (non-hydrogen) atoms. The van der Waals surface area contributed by atoms with Crippen molar-refractivity contribution in [2.75, 3.05) is 6.61 Å². The fourth-order valence-electron chi connectivity index (χ4n) is 2.51. The Hall–Kier alpha value is -2.02. The average Bonchev–Trinajstić information content (AvgIpc) is 2.43. The minimum absolute atomic E-state index is 0.761. The summed E-state index contributed by atoms with van der Waals surface area (Å²) in [5.41, 5.74) is 1.28. The van der Waals surface area contributed by atoms with E-state index in [4.69, 9.17) is 4.74 Å². The van der Waals surface area contributed by atoms with E-state index in [1.165, 1.54) is 27.1 Å². The van der Waals surface area contributed by atoms with Crippen molar-refractivity contribution in [2.24, 2.45) is 0 Å². The largest absolute Gasteiger partial charge is 0.492 e. The van der Waals surface area contributed by atoms with Gasteiger partial charge in [-0.05, 0) is 30.2 Å². The molecule has 3 aromatic carbocycles. The monoisotopic (exact) mass is 250 g/mol. The summed E-state index contributed by atoms with van der Waals surface area (Å²) < 4.78 is 6.02. The quantitative estimate of drug-likeness (QED) is 0.588. The van der Waals surface area contributed by atoms with Crippen LogP contribution >= 0.6 is 0 Å². The summed E-state index contributed by atoms with van der Waals surface area (Å²) in [6.45, 7) is 5.02. The first-order valence-electron chi connectivity index (χ1n) is 6.84. The van der Waals surface area contributed by atoms with Crippen LogP contribution in [0.25, 0.3) is 21.5 Å². The van der Waals surface area contributed by atoms with E-state index in [-0.39, 0.29) is 0 Å². The standard InChI is InChI=1S/C18H18O/c1-3-10-19-18-16-7-5-4-6-14(16)12-15-11-13(2)8-9-17(15)18/h4-9,11-12H,3,10H2,1-2H3. The molecule has 1 heteroatoms. The first-order valence-corrected chi connectivity index (χ1v) is 6.84. The van der Waals surface area contributed by atoms with Crippen molar-refractivity contribution >= 4 is 21.5 Å². The van der Waals surface area contributed by atoms with E-state index < -0.39 is 0 Å². The normalized spacial score (nSPS) is 11.1. The molecule has 3 rings (SSSR count). The summed E-state index contributed by atoms with van der Waals surface area (Å²) >= 11 is 0. The zero-order chi connectivity index (χ0) is 13.2. The highest BCUT2D eigenvalue weighted by Gasteiger charge is 2.08. The molecule has 1 nitrogen and oxygen atoms in total. The van der Waals surface area contributed by atoms with Gasteiger partial charge in [0.1, 0.15) is 5.75 Å². The van der Waals surface area contributed by atoms with Crippen LogP contribution in [0.3, 0.4) is 0 Å². The van der Waals surface area contributed by atoms with Crippen molar-refractivity contribution in [3.05, 3.63) is 54.1 Å². The van der Waals surface area contributed by atoms with Gasteiger partial charge in [0.15, 0.2) is 0 Å². The van der Waals surface area contributed by atoms with Crippen LogP contribution in [0, 0.1) is 6.92 Å². The number of aryl methyl sites for hydroxylation is 1. The van der Waals surface area contributed by atoms with Crippen LogP contribution in [0.15, 0.2) is 48.5 Å². The maximum absolute atomic E-state index is 6.02. The number of hydrogen-bond donors (Lipinski definition) is 0. The highest BCUT2D eigenvalue weighted by molar-refractivity contribution is 6.05. The van der Waals surface area contributed by atoms with Crippen molar-refractivity contribution in [3.63, 3.8) is 0 Å². The molecule has 0 aromatic heterocycles. The fourth-order valence-corrected chi connectivity index (χ4v) is 2.51. The molecule has 0 aliphatic heterocycles. The Morgan fingerprint density at radius 2 is 1.68 bits per heavy atom. The number of ether oxygens (including phenoxy) is 1. The second kappa shape index (κ2) is 4.93. The molecule has 0 heterocycles. The van der Waals surface area contributed by atoms with E-state index in [0.29, 0.717) is 0 Å². The van der Waals surface area contributed by atoms with Crippen LogP contribution < -0.4 is 4.74 Å². The minimum atomic E-state index is 0.761. The Bertz CT molecular complexity index is 728. The smallest absolute Gasteiger partial charge is 0.134 e. The molecule has 0 atom stereocenters. The molecule has 0 unspecified atom stereocenters. The van der Waals surface area contributed by atoms with Crippen molar-refractivity contribution in [2.45, 2.75) is 20.3 Å². The van der Waals surface area contributed by atoms with Crippen LogP contribution in [-0.4, -0.2) is 6.61 Å². The van der Waals surface area contributed by atoms with Gasteiger partial charge in [-0.1, -0.05) is 55.0 Å². The molecule has 0 saturated heterocycles. The molecule has 0 saturated carbocycles. The zero-order valence-corrected chi connectivity index (χ0v) is 11.4. The molecule has 0 amide bonds. The predicted molar refractivity (Wildman–Crippen MR) is 82.0 cm³/mol. The van der Waals surface area contributed by atoms with Gasteiger partial charge in [-0.3, -0.25) is 0 Å². The lowest BCUT2D eigenvalue weighted by Crippen LogP contribution is -1.97. The van der Waals surface area contributed by atoms with Crippen molar-refractivity contribution in [1.82, 2.24) is 0 Å². The van der Waals surface area contributed by atoms with Crippen LogP contribution in [0.1, 0.15) is 18.9 Å². The molecule has 0 bridgehead atoms. The van der Waals surface area contributed by atoms with E-state index in [9.17, 15) is 0 Å². The van der Waals surface area contributed by atoms with Crippen molar-refractivity contribution in [1.29, 1.82) is 0 Å². The number of benzene rings is 3. The lowest BCUT2D eigenvalue weighted by atomic mass is 10.0. The number of rotatable bonds is 3. The third kappa shape index (κ3) is 2.17. The fraction of sp³-hybridized carbons (Fsp3) is 0.222. The van der Waals surface area contributed by atoms with E-state index in [2.05, 4.69) is 62.4 Å². The Labute approximate surface area is 113 Å². The Kier molecular flexibility index (Phi) is 3.12. The topological polar surface area (TPSA) is 9.23 Å². The van der Waals surface area contributed by atoms with Crippen LogP contribution in [0.4, 0.5) is 0 Å². The first-order chi connectivity index (χ1) is 9.29. The van der Waals surface area contributed by atoms with Crippen molar-refractivity contribution < 1.29 is 4.74 Å². The third-order valence-electron chi connectivity index (χ3n) is 3.42. The van der Waals surface area contributed by atoms with Crippen LogP contribution in [0.2, 0.25) is 0 Å². The summed E-state index contributed by atoms with van der Waals surface area (Å²) in [5.74, 6) is 1.02. The maximum Gasteiger partial charge on any atom is 0.134 e. The van der Waals surface area contributed by atoms with E-state index >= 15 is 0 Å². The third-order valence-corrected chi connectivity index (χ3v) is 3.42. The van der Waals surface area contributed by atoms with Gasteiger partial charge in [-0.15, -0.1) is 0 Å². The van der Waals surface area contributed by atoms with Gasteiger partial charge in [0.2, 0.25) is 0 Å². The molecule has 0 fully saturated rings. The highest BCUT2D eigenvalue weighted by Crippen LogP contribution is 2.35. The van der Waals surface area contributed by atoms with Crippen LogP contribution in [-0.2, 0) is 0 Å². The van der Waals surface area contributed by atoms with Gasteiger partial charge < -0.3 is 4.74 Å². The molecule has 96 valence electrons. The summed E-state index contributed by atoms with van der Waals surface area (Å²) in [7, 11) is 0. The van der Waals surface area contributed by atoms with Gasteiger partial charge in [0.25, 0.3) is 0 Å². The Morgan fingerprint density at radius 3 is 2.53 bits per heavy atom. The average molecular weight is 250 g/mol. The van der Waals surface area contributed by atoms with Gasteiger partial charge in [0.05, 0.1) is 6.61 Å². The first kappa shape index (κ1) is 12.0. The van der Waals surface area contributed by atoms with Gasteiger partial charge in [-0.25, -0.2) is 0 Å². The van der Waals surface area contributed by atoms with Crippen LogP contribution in [0.5, 0.6) is 5.75 Å². The van der Waals surface area contributed by atoms with E-state index in [0.717, 1.165) is 18.8 Å². The molecular formula is C18H18O. The molecule has 0 radical (unpaired) electrons. The molecule has 3 aromatic rings. The maximum atomic E-state index is 6.02. The summed E-state index contributed by atoms with van der Waals surface area (Å²) in [4.78, 5) is 0. The predicted octanol–water partition coefficient (Wildman–Crippen LogP) is 5.09. The second-order valence-corrected chi connectivity index (χ2v) is 5.00. The molecule has 0 aliphatic carbocycles. The lowest BCUT2D eigenvalue weighted by Gasteiger charge is -2.13. The second-order valence-electron chi connectivity index (χ2n) is 5.00. The van der Waals surface area contributed by atoms with Gasteiger partial charge >= 0.3 is 0 Å². The Balaban J connectivity index is 2.35. The lowest BCUT2D eigenvalue weighted by molar-refractivity contribution is 0.325. The summed E-state index contributed by atoms with van der Waals surface area (Å²) in [6.07, 6.45) is 1.02. The SMILES string of the molecule is CCCOc1c2ccccc2cc2cc(C)ccc12. The zero-order valence-electron chi connectivity index (χ0n) is 11.4. The van der Waals surface area contributed by atoms with Gasteiger partial charge in [-0.2, -0.15) is 0 Å². The van der Waals surface area contributed by atoms with Gasteiger partial charge in [0, 0.05) is 10.8 Å².